The lowest BCUT2D eigenvalue weighted by Crippen LogP contribution is -2.02. The molecule has 2 nitrogen and oxygen atoms in total. The van der Waals surface area contributed by atoms with Gasteiger partial charge in [0, 0.05) is 18.6 Å². The average molecular weight is 181 g/mol. The standard InChI is InChI=1S/C8H17ClO2/c1-3-10-7-11-6-4-5-8(2)9/h8H,3-7H2,1-2H3. The zero-order valence-corrected chi connectivity index (χ0v) is 8.06. The molecule has 0 spiro atoms. The molecule has 0 aromatic rings. The summed E-state index contributed by atoms with van der Waals surface area (Å²) in [5.41, 5.74) is 0. The van der Waals surface area contributed by atoms with Crippen molar-refractivity contribution in [2.75, 3.05) is 20.0 Å². The molecular weight excluding hydrogens is 164 g/mol. The minimum atomic E-state index is 0.255. The Morgan fingerprint density at radius 1 is 1.36 bits per heavy atom. The van der Waals surface area contributed by atoms with E-state index in [1.807, 2.05) is 13.8 Å². The molecule has 0 aliphatic carbocycles. The van der Waals surface area contributed by atoms with Crippen molar-refractivity contribution >= 4 is 11.6 Å². The van der Waals surface area contributed by atoms with Gasteiger partial charge in [-0.2, -0.15) is 0 Å². The summed E-state index contributed by atoms with van der Waals surface area (Å²) in [6.45, 7) is 5.81. The Bertz CT molecular complexity index is 76.5. The van der Waals surface area contributed by atoms with Crippen LogP contribution >= 0.6 is 11.6 Å². The summed E-state index contributed by atoms with van der Waals surface area (Å²) in [5.74, 6) is 0. The first-order valence-corrected chi connectivity index (χ1v) is 4.50. The second kappa shape index (κ2) is 8.31. The number of halogens is 1. The molecule has 0 aliphatic rings. The number of hydrogen-bond donors (Lipinski definition) is 0. The Morgan fingerprint density at radius 2 is 2.09 bits per heavy atom. The second-order valence-electron chi connectivity index (χ2n) is 2.44. The van der Waals surface area contributed by atoms with E-state index >= 15 is 0 Å². The predicted octanol–water partition coefficient (Wildman–Crippen LogP) is 2.40. The van der Waals surface area contributed by atoms with Gasteiger partial charge in [-0.3, -0.25) is 0 Å². The van der Waals surface area contributed by atoms with Crippen LogP contribution in [0.1, 0.15) is 26.7 Å². The lowest BCUT2D eigenvalue weighted by atomic mass is 10.3. The first-order valence-electron chi connectivity index (χ1n) is 4.07. The van der Waals surface area contributed by atoms with Gasteiger partial charge < -0.3 is 9.47 Å². The van der Waals surface area contributed by atoms with Crippen molar-refractivity contribution in [1.29, 1.82) is 0 Å². The van der Waals surface area contributed by atoms with E-state index in [9.17, 15) is 0 Å². The molecule has 0 heterocycles. The maximum absolute atomic E-state index is 5.73. The Kier molecular flexibility index (Phi) is 8.47. The quantitative estimate of drug-likeness (QED) is 0.340. The topological polar surface area (TPSA) is 18.5 Å². The molecule has 0 aromatic carbocycles. The van der Waals surface area contributed by atoms with Crippen LogP contribution in [0.5, 0.6) is 0 Å². The van der Waals surface area contributed by atoms with Gasteiger partial charge in [0.2, 0.25) is 0 Å². The Morgan fingerprint density at radius 3 is 2.64 bits per heavy atom. The fraction of sp³-hybridized carbons (Fsp3) is 1.00. The van der Waals surface area contributed by atoms with Gasteiger partial charge in [-0.15, -0.1) is 11.6 Å². The van der Waals surface area contributed by atoms with E-state index < -0.39 is 0 Å². The molecule has 3 heteroatoms. The number of hydrogen-bond acceptors (Lipinski definition) is 2. The van der Waals surface area contributed by atoms with Crippen molar-refractivity contribution in [2.24, 2.45) is 0 Å². The first kappa shape index (κ1) is 11.2. The summed E-state index contributed by atoms with van der Waals surface area (Å²) in [4.78, 5) is 0. The van der Waals surface area contributed by atoms with Crippen molar-refractivity contribution < 1.29 is 9.47 Å². The molecule has 0 amide bonds. The normalized spacial score (nSPS) is 13.4. The van der Waals surface area contributed by atoms with Gasteiger partial charge in [-0.1, -0.05) is 0 Å². The minimum absolute atomic E-state index is 0.255. The summed E-state index contributed by atoms with van der Waals surface area (Å²) in [5, 5.41) is 0.255. The molecule has 0 saturated heterocycles. The van der Waals surface area contributed by atoms with Crippen LogP contribution < -0.4 is 0 Å². The van der Waals surface area contributed by atoms with Gasteiger partial charge in [-0.05, 0) is 26.7 Å². The second-order valence-corrected chi connectivity index (χ2v) is 3.19. The van der Waals surface area contributed by atoms with Gasteiger partial charge >= 0.3 is 0 Å². The molecule has 0 bridgehead atoms. The van der Waals surface area contributed by atoms with Gasteiger partial charge in [-0.25, -0.2) is 0 Å². The largest absolute Gasteiger partial charge is 0.356 e. The van der Waals surface area contributed by atoms with Crippen LogP contribution in [0.3, 0.4) is 0 Å². The van der Waals surface area contributed by atoms with Gasteiger partial charge in [0.05, 0.1) is 0 Å². The van der Waals surface area contributed by atoms with Crippen molar-refractivity contribution in [3.05, 3.63) is 0 Å². The molecule has 0 radical (unpaired) electrons. The maximum Gasteiger partial charge on any atom is 0.146 e. The molecule has 0 aromatic heterocycles. The van der Waals surface area contributed by atoms with Crippen LogP contribution in [0, 0.1) is 0 Å². The molecule has 0 N–H and O–H groups in total. The molecule has 68 valence electrons. The van der Waals surface area contributed by atoms with Crippen molar-refractivity contribution in [3.63, 3.8) is 0 Å². The Hall–Kier alpha value is 0.210. The van der Waals surface area contributed by atoms with Crippen molar-refractivity contribution in [2.45, 2.75) is 32.1 Å². The molecular formula is C8H17ClO2. The van der Waals surface area contributed by atoms with Gasteiger partial charge in [0.1, 0.15) is 6.79 Å². The third-order valence-electron chi connectivity index (χ3n) is 1.26. The van der Waals surface area contributed by atoms with Gasteiger partial charge in [0.15, 0.2) is 0 Å². The van der Waals surface area contributed by atoms with Crippen molar-refractivity contribution in [3.8, 4) is 0 Å². The highest BCUT2D eigenvalue weighted by molar-refractivity contribution is 6.20. The molecule has 0 fully saturated rings. The Balaban J connectivity index is 2.80. The van der Waals surface area contributed by atoms with Crippen LogP contribution in [0.25, 0.3) is 0 Å². The zero-order valence-electron chi connectivity index (χ0n) is 7.31. The van der Waals surface area contributed by atoms with Crippen LogP contribution in [0.2, 0.25) is 0 Å². The molecule has 0 rings (SSSR count). The van der Waals surface area contributed by atoms with Crippen LogP contribution in [-0.2, 0) is 9.47 Å². The van der Waals surface area contributed by atoms with E-state index in [4.69, 9.17) is 21.1 Å². The molecule has 0 saturated carbocycles. The minimum Gasteiger partial charge on any atom is -0.356 e. The molecule has 1 unspecified atom stereocenters. The van der Waals surface area contributed by atoms with Gasteiger partial charge in [0.25, 0.3) is 0 Å². The van der Waals surface area contributed by atoms with E-state index in [0.29, 0.717) is 13.4 Å². The highest BCUT2D eigenvalue weighted by Gasteiger charge is 1.94. The highest BCUT2D eigenvalue weighted by atomic mass is 35.5. The SMILES string of the molecule is CCOCOCCCC(C)Cl. The zero-order chi connectivity index (χ0) is 8.53. The predicted molar refractivity (Wildman–Crippen MR) is 47.0 cm³/mol. The smallest absolute Gasteiger partial charge is 0.146 e. The summed E-state index contributed by atoms with van der Waals surface area (Å²) in [6.07, 6.45) is 2.02. The van der Waals surface area contributed by atoms with Crippen LogP contribution in [0.15, 0.2) is 0 Å². The highest BCUT2D eigenvalue weighted by Crippen LogP contribution is 2.03. The third kappa shape index (κ3) is 10.2. The van der Waals surface area contributed by atoms with E-state index in [1.54, 1.807) is 0 Å². The summed E-state index contributed by atoms with van der Waals surface area (Å²) >= 11 is 5.73. The van der Waals surface area contributed by atoms with E-state index in [0.717, 1.165) is 19.4 Å². The lowest BCUT2D eigenvalue weighted by molar-refractivity contribution is -0.0501. The monoisotopic (exact) mass is 180 g/mol. The van der Waals surface area contributed by atoms with E-state index in [1.165, 1.54) is 0 Å². The van der Waals surface area contributed by atoms with E-state index in [2.05, 4.69) is 0 Å². The van der Waals surface area contributed by atoms with E-state index in [-0.39, 0.29) is 5.38 Å². The Labute approximate surface area is 73.8 Å². The molecule has 1 atom stereocenters. The fourth-order valence-electron chi connectivity index (χ4n) is 0.668. The average Bonchev–Trinajstić information content (AvgIpc) is 1.96. The third-order valence-corrected chi connectivity index (χ3v) is 1.48. The van der Waals surface area contributed by atoms with Crippen LogP contribution in [-0.4, -0.2) is 25.4 Å². The number of rotatable bonds is 7. The first-order chi connectivity index (χ1) is 5.27. The molecule has 11 heavy (non-hydrogen) atoms. The summed E-state index contributed by atoms with van der Waals surface area (Å²) in [7, 11) is 0. The number of alkyl halides is 1. The summed E-state index contributed by atoms with van der Waals surface area (Å²) < 4.78 is 10.1. The van der Waals surface area contributed by atoms with Crippen molar-refractivity contribution in [1.82, 2.24) is 0 Å². The number of ether oxygens (including phenoxy) is 2. The lowest BCUT2D eigenvalue weighted by Gasteiger charge is -2.04. The fourth-order valence-corrected chi connectivity index (χ4v) is 0.822. The molecule has 0 aliphatic heterocycles. The van der Waals surface area contributed by atoms with Crippen LogP contribution in [0.4, 0.5) is 0 Å². The maximum atomic E-state index is 5.73. The summed E-state index contributed by atoms with van der Waals surface area (Å²) in [6, 6.07) is 0.